The van der Waals surface area contributed by atoms with E-state index in [9.17, 15) is 38.9 Å². The van der Waals surface area contributed by atoms with Gasteiger partial charge in [-0.1, -0.05) is 0 Å². The summed E-state index contributed by atoms with van der Waals surface area (Å²) < 4.78 is 36.4. The number of rotatable bonds is 7. The Balaban J connectivity index is 0.00000256. The Bertz CT molecular complexity index is 2630. The fourth-order valence-electron chi connectivity index (χ4n) is 4.07. The first kappa shape index (κ1) is 43.9. The second kappa shape index (κ2) is 16.2. The van der Waals surface area contributed by atoms with Gasteiger partial charge in [0, 0.05) is 22.4 Å². The quantitative estimate of drug-likeness (QED) is 0.0169. The molecule has 47 heavy (non-hydrogen) atoms. The van der Waals surface area contributed by atoms with Crippen LogP contribution in [0, 0.1) is 10.8 Å². The molecule has 0 aliphatic rings. The predicted molar refractivity (Wildman–Crippen MR) is 164 cm³/mol. The molecule has 0 fully saturated rings. The van der Waals surface area contributed by atoms with Crippen molar-refractivity contribution in [1.82, 2.24) is 4.98 Å². The number of fused-ring (bicyclic) bond motifs is 5. The van der Waals surface area contributed by atoms with Gasteiger partial charge in [0.2, 0.25) is 10.9 Å². The van der Waals surface area contributed by atoms with Crippen LogP contribution in [-0.4, -0.2) is 18.5 Å². The summed E-state index contributed by atoms with van der Waals surface area (Å²) in [6.07, 6.45) is 0. The van der Waals surface area contributed by atoms with E-state index in [1.54, 1.807) is 0 Å². The molecule has 8 N–H and O–H groups in total. The normalized spacial score (nSPS) is 14.5. The third-order valence-corrected chi connectivity index (χ3v) is 15.0. The van der Waals surface area contributed by atoms with E-state index in [0.29, 0.717) is 34.0 Å². The van der Waals surface area contributed by atoms with Crippen molar-refractivity contribution in [2.24, 2.45) is 0 Å². The smallest absolute Gasteiger partial charge is 0.708 e. The average molecular weight is 844 g/mol. The van der Waals surface area contributed by atoms with Gasteiger partial charge >= 0.3 is 88.7 Å². The second-order valence-electron chi connectivity index (χ2n) is 8.14. The number of nitrogens with two attached hydrogens (primary N) is 2. The zero-order chi connectivity index (χ0) is 32.6. The van der Waals surface area contributed by atoms with Gasteiger partial charge in [-0.15, -0.1) is 34.0 Å². The molecule has 3 atom stereocenters. The largest absolute Gasteiger partial charge is 1.00 e. The van der Waals surface area contributed by atoms with E-state index in [1.807, 2.05) is 0 Å². The molecule has 5 aromatic rings. The van der Waals surface area contributed by atoms with Gasteiger partial charge in [0.25, 0.3) is 0 Å². The van der Waals surface area contributed by atoms with Crippen LogP contribution in [0.1, 0.15) is 0 Å². The van der Waals surface area contributed by atoms with Gasteiger partial charge in [0.05, 0.1) is 60.3 Å². The molecule has 2 aromatic heterocycles. The number of anilines is 2. The number of aromatic amines is 1. The summed E-state index contributed by atoms with van der Waals surface area (Å²) in [7, 11) is -10.9. The minimum absolute atomic E-state index is 0. The Morgan fingerprint density at radius 3 is 1.81 bits per heavy atom. The van der Waals surface area contributed by atoms with Crippen LogP contribution in [0.3, 0.4) is 0 Å². The van der Waals surface area contributed by atoms with Crippen LogP contribution in [0.5, 0.6) is 5.75 Å². The number of hydrogen-bond acceptors (Lipinski definition) is 22. The summed E-state index contributed by atoms with van der Waals surface area (Å²) >= 11 is 16.3. The van der Waals surface area contributed by atoms with Crippen LogP contribution < -0.4 is 137 Å². The molecule has 0 amide bonds. The SMILES string of the molecule is N=c1c(S(=O)(=S)O[O-])c(N)c2sc3c(sc2c1=O)c(=O)c(=N)c1sc2c(S(=S)OO[O-])c(O)c(N)c(S(=O)(=S)O[O-])c2[nH]c13.[Na+].[Na+].[Na+]. The maximum atomic E-state index is 13.4. The number of phenols is 1. The van der Waals surface area contributed by atoms with Crippen LogP contribution in [0.15, 0.2) is 24.3 Å². The van der Waals surface area contributed by atoms with Crippen LogP contribution in [0.4, 0.5) is 11.4 Å². The molecule has 234 valence electrons. The molecule has 3 unspecified atom stereocenters. The molecule has 0 aliphatic carbocycles. The topological polar surface area (TPSA) is 310 Å². The molecular formula is C18H8N5Na3O12S9. The average Bonchev–Trinajstić information content (AvgIpc) is 2.98. The fraction of sp³-hybridized carbons (Fsp3) is 0. The van der Waals surface area contributed by atoms with E-state index >= 15 is 0 Å². The van der Waals surface area contributed by atoms with Crippen molar-refractivity contribution in [3.05, 3.63) is 31.2 Å². The molecule has 0 bridgehead atoms. The third-order valence-electron chi connectivity index (χ3n) is 5.85. The van der Waals surface area contributed by atoms with Crippen molar-refractivity contribution in [2.75, 3.05) is 11.5 Å². The van der Waals surface area contributed by atoms with Crippen molar-refractivity contribution in [2.45, 2.75) is 14.7 Å². The van der Waals surface area contributed by atoms with Crippen molar-refractivity contribution in [3.63, 3.8) is 0 Å². The molecule has 0 aliphatic heterocycles. The summed E-state index contributed by atoms with van der Waals surface area (Å²) in [5.41, 5.74) is 8.43. The summed E-state index contributed by atoms with van der Waals surface area (Å²) in [6.45, 7) is 0. The number of phenolic OH excluding ortho intramolecular Hbond substituents is 1. The Kier molecular flexibility index (Phi) is 15.1. The Morgan fingerprint density at radius 1 is 0.766 bits per heavy atom. The molecule has 29 heteroatoms. The Hall–Kier alpha value is 0.750. The van der Waals surface area contributed by atoms with E-state index < -0.39 is 80.7 Å². The van der Waals surface area contributed by atoms with Crippen molar-refractivity contribution in [3.8, 4) is 5.75 Å². The van der Waals surface area contributed by atoms with E-state index in [0.717, 1.165) is 0 Å². The summed E-state index contributed by atoms with van der Waals surface area (Å²) in [6, 6.07) is 0. The molecule has 0 spiro atoms. The molecular weight excluding hydrogens is 836 g/mol. The Morgan fingerprint density at radius 2 is 1.26 bits per heavy atom. The predicted octanol–water partition coefficient (Wildman–Crippen LogP) is -11.4. The molecule has 0 saturated heterocycles. The fourth-order valence-corrected chi connectivity index (χ4v) is 12.3. The summed E-state index contributed by atoms with van der Waals surface area (Å²) in [5.74, 6) is -0.908. The number of aromatic hydroxyl groups is 1. The Labute approximate surface area is 355 Å². The van der Waals surface area contributed by atoms with Crippen LogP contribution in [0.2, 0.25) is 0 Å². The van der Waals surface area contributed by atoms with Gasteiger partial charge in [-0.05, 0) is 11.2 Å². The summed E-state index contributed by atoms with van der Waals surface area (Å²) in [5, 5.41) is 62.4. The van der Waals surface area contributed by atoms with E-state index in [1.165, 1.54) is 0 Å². The van der Waals surface area contributed by atoms with Gasteiger partial charge in [0.1, 0.15) is 25.4 Å². The summed E-state index contributed by atoms with van der Waals surface area (Å²) in [4.78, 5) is 27.3. The third kappa shape index (κ3) is 7.24. The van der Waals surface area contributed by atoms with Crippen molar-refractivity contribution in [1.29, 1.82) is 10.8 Å². The number of benzene rings is 3. The molecule has 2 heterocycles. The standard InChI is InChI=1S/C18H11N5O12S9.3Na/c19-1-7(24)15-12(40-11-4(22)17(43(30,37)33-28)2(20)8(25)14(11)41-15)5-10(1)39-13-6(23-5)18(44(31,38)34-29)3(21)9(26)16(13)42(36)35-32-27;;;/h19-20,23,26-29H,21-22H2;;;/q;3*+1/p-3. The van der Waals surface area contributed by atoms with Crippen molar-refractivity contribution < 1.29 is 136 Å². The van der Waals surface area contributed by atoms with Gasteiger partial charge < -0.3 is 46.0 Å². The van der Waals surface area contributed by atoms with Crippen molar-refractivity contribution >= 4 is 145 Å². The first-order valence-corrected chi connectivity index (χ1v) is 19.9. The van der Waals surface area contributed by atoms with E-state index in [-0.39, 0.29) is 128 Å². The van der Waals surface area contributed by atoms with Crippen LogP contribution >= 0.6 is 34.0 Å². The maximum Gasteiger partial charge on any atom is 1.00 e. The first-order chi connectivity index (χ1) is 20.5. The number of nitrogen functional groups attached to an aromatic ring is 2. The second-order valence-corrected chi connectivity index (χ2v) is 18.7. The number of hydrogen-bond donors (Lipinski definition) is 6. The molecule has 5 rings (SSSR count). The number of aromatic nitrogens is 1. The van der Waals surface area contributed by atoms with Gasteiger partial charge in [0.15, 0.2) is 23.3 Å². The monoisotopic (exact) mass is 843 g/mol. The van der Waals surface area contributed by atoms with E-state index in [4.69, 9.17) is 44.7 Å². The minimum Gasteiger partial charge on any atom is -0.708 e. The van der Waals surface area contributed by atoms with Gasteiger partial charge in [-0.3, -0.25) is 25.4 Å². The van der Waals surface area contributed by atoms with Crippen LogP contribution in [0.25, 0.3) is 39.2 Å². The molecule has 3 aromatic carbocycles. The van der Waals surface area contributed by atoms with Gasteiger partial charge in [-0.25, -0.2) is 8.42 Å². The molecule has 0 saturated carbocycles. The zero-order valence-electron chi connectivity index (χ0n) is 23.3. The zero-order valence-corrected chi connectivity index (χ0v) is 36.6. The first-order valence-electron chi connectivity index (χ1n) is 10.5. The number of H-pyrrole nitrogens is 1. The van der Waals surface area contributed by atoms with Crippen LogP contribution in [-0.2, 0) is 78.9 Å². The minimum atomic E-state index is -4.42. The molecule has 0 radical (unpaired) electrons. The van der Waals surface area contributed by atoms with E-state index in [2.05, 4.69) is 34.2 Å². The molecule has 17 nitrogen and oxygen atoms in total. The number of nitrogens with one attached hydrogen (secondary N) is 3. The maximum absolute atomic E-state index is 13.4. The van der Waals surface area contributed by atoms with Gasteiger partial charge in [-0.2, -0.15) is 4.33 Å².